The van der Waals surface area contributed by atoms with Crippen LogP contribution >= 0.6 is 11.8 Å². The molecule has 0 spiro atoms. The molecule has 0 saturated heterocycles. The number of fused-ring (bicyclic) bond motifs is 1. The van der Waals surface area contributed by atoms with Crippen molar-refractivity contribution in [1.29, 1.82) is 0 Å². The number of para-hydroxylation sites is 1. The number of nitrogens with zero attached hydrogens (tertiary/aromatic N) is 4. The number of aromatic nitrogens is 3. The van der Waals surface area contributed by atoms with Crippen LogP contribution < -0.4 is 15.5 Å². The first-order chi connectivity index (χ1) is 15.4. The Morgan fingerprint density at radius 3 is 2.62 bits per heavy atom. The van der Waals surface area contributed by atoms with Gasteiger partial charge in [0.1, 0.15) is 12.4 Å². The van der Waals surface area contributed by atoms with Gasteiger partial charge in [-0.1, -0.05) is 55.9 Å². The summed E-state index contributed by atoms with van der Waals surface area (Å²) >= 11 is 1.31. The zero-order chi connectivity index (χ0) is 22.7. The Balaban J connectivity index is 1.38. The predicted octanol–water partition coefficient (Wildman–Crippen LogP) is 4.15. The van der Waals surface area contributed by atoms with Crippen LogP contribution in [0.1, 0.15) is 50.1 Å². The molecule has 1 atom stereocenters. The van der Waals surface area contributed by atoms with Crippen LogP contribution in [0.25, 0.3) is 0 Å². The van der Waals surface area contributed by atoms with Gasteiger partial charge in [-0.05, 0) is 55.0 Å². The molecule has 1 unspecified atom stereocenters. The Morgan fingerprint density at radius 2 is 1.88 bits per heavy atom. The third-order valence-corrected chi connectivity index (χ3v) is 6.70. The van der Waals surface area contributed by atoms with E-state index in [4.69, 9.17) is 10.6 Å². The first-order valence-corrected chi connectivity index (χ1v) is 11.8. The maximum absolute atomic E-state index is 13.2. The second-order valence-corrected chi connectivity index (χ2v) is 9.57. The fourth-order valence-electron chi connectivity index (χ4n) is 3.77. The average Bonchev–Trinajstić information content (AvgIpc) is 3.16. The van der Waals surface area contributed by atoms with E-state index < -0.39 is 0 Å². The van der Waals surface area contributed by atoms with E-state index in [1.807, 2.05) is 42.2 Å². The Hall–Kier alpha value is -3.00. The summed E-state index contributed by atoms with van der Waals surface area (Å²) in [4.78, 5) is 15.0. The van der Waals surface area contributed by atoms with E-state index in [0.29, 0.717) is 16.9 Å². The number of nitrogen functional groups attached to an aromatic ring is 1. The Kier molecular flexibility index (Phi) is 6.69. The zero-order valence-electron chi connectivity index (χ0n) is 18.7. The van der Waals surface area contributed by atoms with Crippen LogP contribution in [0.15, 0.2) is 53.7 Å². The molecule has 7 nitrogen and oxygen atoms in total. The molecular formula is C24H29N5O2S. The van der Waals surface area contributed by atoms with Crippen molar-refractivity contribution in [2.24, 2.45) is 0 Å². The topological polar surface area (TPSA) is 86.3 Å². The Morgan fingerprint density at radius 1 is 1.12 bits per heavy atom. The van der Waals surface area contributed by atoms with Crippen molar-refractivity contribution in [2.75, 3.05) is 17.3 Å². The number of amides is 1. The van der Waals surface area contributed by atoms with Crippen molar-refractivity contribution in [3.05, 3.63) is 65.5 Å². The highest BCUT2D eigenvalue weighted by atomic mass is 32.2. The third-order valence-electron chi connectivity index (χ3n) is 5.66. The van der Waals surface area contributed by atoms with Gasteiger partial charge in [-0.3, -0.25) is 4.79 Å². The summed E-state index contributed by atoms with van der Waals surface area (Å²) in [5.74, 6) is 7.97. The summed E-state index contributed by atoms with van der Waals surface area (Å²) in [6, 6.07) is 16.1. The summed E-state index contributed by atoms with van der Waals surface area (Å²) in [6.07, 6.45) is 1.97. The minimum absolute atomic E-state index is 0.0493. The molecule has 2 heterocycles. The summed E-state index contributed by atoms with van der Waals surface area (Å²) in [7, 11) is 0. The van der Waals surface area contributed by atoms with Crippen molar-refractivity contribution in [3.8, 4) is 5.75 Å². The second-order valence-electron chi connectivity index (χ2n) is 8.26. The Labute approximate surface area is 192 Å². The van der Waals surface area contributed by atoms with Crippen LogP contribution in [0.3, 0.4) is 0 Å². The first kappa shape index (κ1) is 22.2. The molecule has 1 aliphatic rings. The van der Waals surface area contributed by atoms with Crippen molar-refractivity contribution >= 4 is 23.4 Å². The van der Waals surface area contributed by atoms with Gasteiger partial charge in [0, 0.05) is 12.2 Å². The molecule has 0 fully saturated rings. The van der Waals surface area contributed by atoms with Gasteiger partial charge in [0.25, 0.3) is 0 Å². The van der Waals surface area contributed by atoms with E-state index in [2.05, 4.69) is 42.2 Å². The number of hydrogen-bond donors (Lipinski definition) is 1. The first-order valence-electron chi connectivity index (χ1n) is 10.9. The standard InChI is InChI=1S/C24H29N5O2S/c1-16(2)18-10-12-20(13-11-18)31-15-22-26-27-24(29(22)25)32-17(3)23(30)28-14-6-8-19-7-4-5-9-21(19)28/h4-5,7,9-13,16-17H,6,8,14-15,25H2,1-3H3. The normalized spacial score (nSPS) is 14.3. The maximum Gasteiger partial charge on any atom is 0.240 e. The fourth-order valence-corrected chi connectivity index (χ4v) is 4.62. The van der Waals surface area contributed by atoms with Crippen molar-refractivity contribution < 1.29 is 9.53 Å². The number of carbonyl (C=O) groups excluding carboxylic acids is 1. The Bertz CT molecular complexity index is 1080. The van der Waals surface area contributed by atoms with Gasteiger partial charge in [0.2, 0.25) is 11.1 Å². The molecule has 8 heteroatoms. The lowest BCUT2D eigenvalue weighted by molar-refractivity contribution is -0.117. The molecule has 168 valence electrons. The number of hydrogen-bond acceptors (Lipinski definition) is 6. The minimum Gasteiger partial charge on any atom is -0.486 e. The monoisotopic (exact) mass is 451 g/mol. The van der Waals surface area contributed by atoms with Crippen molar-refractivity contribution in [3.63, 3.8) is 0 Å². The van der Waals surface area contributed by atoms with Crippen molar-refractivity contribution in [2.45, 2.75) is 56.5 Å². The van der Waals surface area contributed by atoms with Gasteiger partial charge in [0.05, 0.1) is 5.25 Å². The molecule has 0 saturated carbocycles. The number of ether oxygens (including phenoxy) is 1. The molecule has 1 aliphatic heterocycles. The third kappa shape index (κ3) is 4.75. The van der Waals surface area contributed by atoms with Crippen LogP contribution in [-0.4, -0.2) is 32.6 Å². The molecule has 3 aromatic rings. The summed E-state index contributed by atoms with van der Waals surface area (Å²) in [5.41, 5.74) is 3.48. The number of thioether (sulfide) groups is 1. The molecule has 1 amide bonds. The lowest BCUT2D eigenvalue weighted by Gasteiger charge is -2.31. The number of nitrogens with two attached hydrogens (primary N) is 1. The van der Waals surface area contributed by atoms with E-state index in [1.54, 1.807) is 0 Å². The lowest BCUT2D eigenvalue weighted by Crippen LogP contribution is -2.40. The van der Waals surface area contributed by atoms with E-state index in [9.17, 15) is 4.79 Å². The number of benzene rings is 2. The highest BCUT2D eigenvalue weighted by Gasteiger charge is 2.28. The van der Waals surface area contributed by atoms with Crippen LogP contribution in [0.2, 0.25) is 0 Å². The largest absolute Gasteiger partial charge is 0.486 e. The summed E-state index contributed by atoms with van der Waals surface area (Å²) < 4.78 is 7.22. The van der Waals surface area contributed by atoms with Gasteiger partial charge in [-0.15, -0.1) is 10.2 Å². The van der Waals surface area contributed by atoms with Gasteiger partial charge in [-0.25, -0.2) is 4.68 Å². The lowest BCUT2D eigenvalue weighted by atomic mass is 10.0. The highest BCUT2D eigenvalue weighted by Crippen LogP contribution is 2.30. The molecule has 2 aromatic carbocycles. The average molecular weight is 452 g/mol. The van der Waals surface area contributed by atoms with Gasteiger partial charge in [-0.2, -0.15) is 0 Å². The summed E-state index contributed by atoms with van der Waals surface area (Å²) in [6.45, 7) is 7.12. The molecule has 0 radical (unpaired) electrons. The molecule has 0 aliphatic carbocycles. The quantitative estimate of drug-likeness (QED) is 0.429. The molecule has 0 bridgehead atoms. The van der Waals surface area contributed by atoms with Crippen LogP contribution in [-0.2, 0) is 17.8 Å². The molecular weight excluding hydrogens is 422 g/mol. The van der Waals surface area contributed by atoms with E-state index >= 15 is 0 Å². The van der Waals surface area contributed by atoms with Crippen LogP contribution in [0.5, 0.6) is 5.75 Å². The zero-order valence-corrected chi connectivity index (χ0v) is 19.5. The highest BCUT2D eigenvalue weighted by molar-refractivity contribution is 8.00. The number of rotatable bonds is 7. The van der Waals surface area contributed by atoms with E-state index in [1.165, 1.54) is 27.6 Å². The van der Waals surface area contributed by atoms with Gasteiger partial charge < -0.3 is 15.5 Å². The SMILES string of the molecule is CC(Sc1nnc(COc2ccc(C(C)C)cc2)n1N)C(=O)N1CCCc2ccccc21. The molecule has 4 rings (SSSR count). The minimum atomic E-state index is -0.343. The molecule has 32 heavy (non-hydrogen) atoms. The number of aryl methyl sites for hydroxylation is 1. The number of anilines is 1. The smallest absolute Gasteiger partial charge is 0.240 e. The van der Waals surface area contributed by atoms with E-state index in [-0.39, 0.29) is 17.8 Å². The van der Waals surface area contributed by atoms with Crippen molar-refractivity contribution in [1.82, 2.24) is 14.9 Å². The van der Waals surface area contributed by atoms with Crippen LogP contribution in [0.4, 0.5) is 5.69 Å². The fraction of sp³-hybridized carbons (Fsp3) is 0.375. The second kappa shape index (κ2) is 9.65. The molecule has 1 aromatic heterocycles. The number of carbonyl (C=O) groups is 1. The summed E-state index contributed by atoms with van der Waals surface area (Å²) in [5, 5.41) is 8.48. The van der Waals surface area contributed by atoms with Gasteiger partial charge in [0.15, 0.2) is 5.82 Å². The van der Waals surface area contributed by atoms with E-state index in [0.717, 1.165) is 30.8 Å². The predicted molar refractivity (Wildman–Crippen MR) is 127 cm³/mol. The van der Waals surface area contributed by atoms with Gasteiger partial charge >= 0.3 is 0 Å². The van der Waals surface area contributed by atoms with Crippen LogP contribution in [0, 0.1) is 0 Å². The maximum atomic E-state index is 13.2. The molecule has 2 N–H and O–H groups in total.